The molecule has 4 amide bonds. The smallest absolute Gasteiger partial charge is 0.326 e. The van der Waals surface area contributed by atoms with E-state index in [2.05, 4.69) is 20.9 Å². The van der Waals surface area contributed by atoms with E-state index in [9.17, 15) is 33.9 Å². The van der Waals surface area contributed by atoms with Crippen LogP contribution in [-0.4, -0.2) is 82.5 Å². The normalized spacial score (nSPS) is 14.0. The molecular weight excluding hydrogens is 480 g/mol. The monoisotopic (exact) mass is 516 g/mol. The van der Waals surface area contributed by atoms with Crippen molar-refractivity contribution in [2.24, 2.45) is 33.8 Å². The standard InChI is InChI=1S/C20H36N8O8/c1-9(2)6-12(18(34)28-13(19(35)36)8-15(30)31)27-17(33)11(4-3-5-25-20(23)24)26-16(32)10(21)7-14(22)29/h9-13H,3-8,21H2,1-2H3,(H2,22,29)(H,26,32)(H,27,33)(H,28,34)(H,30,31)(H,35,36)(H4,23,24,25). The number of aliphatic carboxylic acids is 2. The van der Waals surface area contributed by atoms with Crippen molar-refractivity contribution >= 4 is 41.5 Å². The van der Waals surface area contributed by atoms with Crippen molar-refractivity contribution in [3.8, 4) is 0 Å². The number of carboxylic acid groups (broad SMARTS) is 2. The lowest BCUT2D eigenvalue weighted by Crippen LogP contribution is -2.57. The van der Waals surface area contributed by atoms with Gasteiger partial charge in [-0.15, -0.1) is 0 Å². The molecule has 16 heteroatoms. The topological polar surface area (TPSA) is 295 Å². The quantitative estimate of drug-likeness (QED) is 0.0514. The Balaban J connectivity index is 5.65. The third-order valence-corrected chi connectivity index (χ3v) is 4.67. The maximum atomic E-state index is 13.0. The van der Waals surface area contributed by atoms with Crippen LogP contribution in [0.2, 0.25) is 0 Å². The van der Waals surface area contributed by atoms with Crippen LogP contribution in [0.4, 0.5) is 0 Å². The second-order valence-corrected chi connectivity index (χ2v) is 8.47. The van der Waals surface area contributed by atoms with E-state index >= 15 is 0 Å². The van der Waals surface area contributed by atoms with Gasteiger partial charge in [0.1, 0.15) is 18.1 Å². The third-order valence-electron chi connectivity index (χ3n) is 4.67. The molecule has 0 aromatic carbocycles. The van der Waals surface area contributed by atoms with Gasteiger partial charge in [-0.2, -0.15) is 0 Å². The summed E-state index contributed by atoms with van der Waals surface area (Å²) in [5.41, 5.74) is 21.2. The molecule has 204 valence electrons. The minimum atomic E-state index is -1.72. The minimum Gasteiger partial charge on any atom is -0.481 e. The molecule has 0 saturated heterocycles. The fourth-order valence-electron chi connectivity index (χ4n) is 2.98. The second kappa shape index (κ2) is 15.9. The highest BCUT2D eigenvalue weighted by Crippen LogP contribution is 2.08. The van der Waals surface area contributed by atoms with E-state index < -0.39 is 72.6 Å². The van der Waals surface area contributed by atoms with Crippen LogP contribution in [0, 0.1) is 5.92 Å². The van der Waals surface area contributed by atoms with E-state index in [0.29, 0.717) is 0 Å². The lowest BCUT2D eigenvalue weighted by molar-refractivity contribution is -0.147. The van der Waals surface area contributed by atoms with Gasteiger partial charge in [0.2, 0.25) is 23.6 Å². The van der Waals surface area contributed by atoms with E-state index in [4.69, 9.17) is 28.0 Å². The second-order valence-electron chi connectivity index (χ2n) is 8.47. The first-order valence-electron chi connectivity index (χ1n) is 11.1. The van der Waals surface area contributed by atoms with Gasteiger partial charge in [-0.1, -0.05) is 13.8 Å². The highest BCUT2D eigenvalue weighted by molar-refractivity contribution is 5.95. The zero-order valence-electron chi connectivity index (χ0n) is 20.2. The molecule has 0 aromatic heterocycles. The van der Waals surface area contributed by atoms with E-state index in [0.717, 1.165) is 0 Å². The molecule has 13 N–H and O–H groups in total. The molecule has 0 bridgehead atoms. The van der Waals surface area contributed by atoms with Crippen molar-refractivity contribution in [1.29, 1.82) is 0 Å². The molecule has 0 heterocycles. The molecule has 4 atom stereocenters. The summed E-state index contributed by atoms with van der Waals surface area (Å²) in [4.78, 5) is 75.2. The lowest BCUT2D eigenvalue weighted by atomic mass is 10.0. The molecular formula is C20H36N8O8. The molecule has 36 heavy (non-hydrogen) atoms. The summed E-state index contributed by atoms with van der Waals surface area (Å²) in [6.07, 6.45) is -1.00. The fourth-order valence-corrected chi connectivity index (χ4v) is 2.98. The van der Waals surface area contributed by atoms with Gasteiger partial charge in [-0.05, 0) is 25.2 Å². The fraction of sp³-hybridized carbons (Fsp3) is 0.650. The zero-order chi connectivity index (χ0) is 28.0. The van der Waals surface area contributed by atoms with Crippen LogP contribution in [0.25, 0.3) is 0 Å². The minimum absolute atomic E-state index is 0.0183. The van der Waals surface area contributed by atoms with Crippen LogP contribution in [0.15, 0.2) is 4.99 Å². The highest BCUT2D eigenvalue weighted by Gasteiger charge is 2.31. The number of carbonyl (C=O) groups excluding carboxylic acids is 4. The summed E-state index contributed by atoms with van der Waals surface area (Å²) < 4.78 is 0. The Morgan fingerprint density at radius 3 is 1.81 bits per heavy atom. The number of nitrogens with two attached hydrogens (primary N) is 4. The SMILES string of the molecule is CC(C)CC(NC(=O)C(CCCN=C(N)N)NC(=O)C(N)CC(N)=O)C(=O)NC(CC(=O)O)C(=O)O. The van der Waals surface area contributed by atoms with Crippen LogP contribution in [0.1, 0.15) is 46.0 Å². The van der Waals surface area contributed by atoms with Gasteiger partial charge in [0.15, 0.2) is 5.96 Å². The predicted molar refractivity (Wildman–Crippen MR) is 127 cm³/mol. The Hall–Kier alpha value is -3.95. The number of aliphatic imine (C=N–C) groups is 1. The van der Waals surface area contributed by atoms with Crippen LogP contribution in [-0.2, 0) is 28.8 Å². The molecule has 0 spiro atoms. The maximum absolute atomic E-state index is 13.0. The third kappa shape index (κ3) is 13.7. The Kier molecular flexibility index (Phi) is 14.1. The summed E-state index contributed by atoms with van der Waals surface area (Å²) in [6, 6.07) is -5.51. The molecule has 0 aromatic rings. The summed E-state index contributed by atoms with van der Waals surface area (Å²) in [5, 5.41) is 25.0. The molecule has 0 aliphatic carbocycles. The van der Waals surface area contributed by atoms with Crippen LogP contribution in [0.5, 0.6) is 0 Å². The first kappa shape index (κ1) is 32.0. The molecule has 0 aliphatic heterocycles. The average molecular weight is 517 g/mol. The Morgan fingerprint density at radius 2 is 1.33 bits per heavy atom. The highest BCUT2D eigenvalue weighted by atomic mass is 16.4. The van der Waals surface area contributed by atoms with Crippen molar-refractivity contribution in [3.05, 3.63) is 0 Å². The summed E-state index contributed by atoms with van der Waals surface area (Å²) in [7, 11) is 0. The van der Waals surface area contributed by atoms with E-state index in [1.807, 2.05) is 0 Å². The summed E-state index contributed by atoms with van der Waals surface area (Å²) in [5.74, 6) is -6.69. The first-order valence-corrected chi connectivity index (χ1v) is 11.1. The van der Waals surface area contributed by atoms with Gasteiger partial charge in [0, 0.05) is 6.54 Å². The van der Waals surface area contributed by atoms with E-state index in [1.165, 1.54) is 0 Å². The Bertz CT molecular complexity index is 844. The largest absolute Gasteiger partial charge is 0.481 e. The van der Waals surface area contributed by atoms with E-state index in [-0.39, 0.29) is 37.7 Å². The zero-order valence-corrected chi connectivity index (χ0v) is 20.2. The van der Waals surface area contributed by atoms with Gasteiger partial charge < -0.3 is 49.1 Å². The number of carboxylic acids is 2. The summed E-state index contributed by atoms with van der Waals surface area (Å²) >= 11 is 0. The molecule has 0 fully saturated rings. The molecule has 0 radical (unpaired) electrons. The van der Waals surface area contributed by atoms with Gasteiger partial charge in [0.05, 0.1) is 18.9 Å². The number of amides is 4. The molecule has 16 nitrogen and oxygen atoms in total. The van der Waals surface area contributed by atoms with Gasteiger partial charge in [-0.25, -0.2) is 4.79 Å². The molecule has 4 unspecified atom stereocenters. The first-order chi connectivity index (χ1) is 16.6. The van der Waals surface area contributed by atoms with Crippen molar-refractivity contribution in [2.45, 2.75) is 70.1 Å². The van der Waals surface area contributed by atoms with Gasteiger partial charge >= 0.3 is 11.9 Å². The number of nitrogens with one attached hydrogen (secondary N) is 3. The Morgan fingerprint density at radius 1 is 0.806 bits per heavy atom. The number of rotatable bonds is 17. The maximum Gasteiger partial charge on any atom is 0.326 e. The van der Waals surface area contributed by atoms with Crippen LogP contribution >= 0.6 is 0 Å². The number of guanidine groups is 1. The Labute approximate surface area is 207 Å². The van der Waals surface area contributed by atoms with Crippen LogP contribution in [0.3, 0.4) is 0 Å². The number of nitrogens with zero attached hydrogens (tertiary/aromatic N) is 1. The number of hydrogen-bond donors (Lipinski definition) is 9. The predicted octanol–water partition coefficient (Wildman–Crippen LogP) is -3.70. The van der Waals surface area contributed by atoms with Crippen LogP contribution < -0.4 is 38.9 Å². The van der Waals surface area contributed by atoms with Crippen molar-refractivity contribution in [2.75, 3.05) is 6.54 Å². The number of primary amides is 1. The van der Waals surface area contributed by atoms with Crippen molar-refractivity contribution in [1.82, 2.24) is 16.0 Å². The average Bonchev–Trinajstić information content (AvgIpc) is 2.73. The lowest BCUT2D eigenvalue weighted by Gasteiger charge is -2.26. The van der Waals surface area contributed by atoms with Gasteiger partial charge in [0.25, 0.3) is 0 Å². The molecule has 0 rings (SSSR count). The molecule has 0 aliphatic rings. The van der Waals surface area contributed by atoms with Crippen molar-refractivity contribution in [3.63, 3.8) is 0 Å². The van der Waals surface area contributed by atoms with Crippen molar-refractivity contribution < 1.29 is 39.0 Å². The van der Waals surface area contributed by atoms with E-state index in [1.54, 1.807) is 13.8 Å². The number of carbonyl (C=O) groups is 6. The van der Waals surface area contributed by atoms with Gasteiger partial charge in [-0.3, -0.25) is 29.0 Å². The number of hydrogen-bond acceptors (Lipinski definition) is 8. The molecule has 0 saturated carbocycles. The summed E-state index contributed by atoms with van der Waals surface area (Å²) in [6.45, 7) is 3.62.